The molecule has 24 heavy (non-hydrogen) atoms. The molecule has 0 atom stereocenters. The van der Waals surface area contributed by atoms with Crippen molar-refractivity contribution in [2.24, 2.45) is 0 Å². The minimum atomic E-state index is 0. The standard InChI is InChI=1S/C18H16N4O.CH4/c1-10-14(5-4-6-19-10)15-7-13(8-16-18(15)21-9-20-16)17-11(2)22-23-12(17)3;/h4-9H,1-3H3,(H,20,21);1H4. The number of aromatic nitrogens is 4. The average molecular weight is 320 g/mol. The molecule has 0 bridgehead atoms. The Morgan fingerprint density at radius 3 is 2.54 bits per heavy atom. The Morgan fingerprint density at radius 2 is 1.83 bits per heavy atom. The second-order valence-corrected chi connectivity index (χ2v) is 5.66. The lowest BCUT2D eigenvalue weighted by Crippen LogP contribution is -1.90. The number of nitrogens with zero attached hydrogens (tertiary/aromatic N) is 3. The van der Waals surface area contributed by atoms with E-state index in [1.165, 1.54) is 0 Å². The van der Waals surface area contributed by atoms with Gasteiger partial charge in [0, 0.05) is 28.6 Å². The maximum absolute atomic E-state index is 5.32. The minimum Gasteiger partial charge on any atom is -0.361 e. The van der Waals surface area contributed by atoms with E-state index >= 15 is 0 Å². The molecule has 3 aromatic heterocycles. The van der Waals surface area contributed by atoms with E-state index < -0.39 is 0 Å². The van der Waals surface area contributed by atoms with Crippen molar-refractivity contribution >= 4 is 11.0 Å². The Bertz CT molecular complexity index is 994. The molecule has 4 aromatic rings. The molecule has 0 aliphatic heterocycles. The molecular formula is C19H20N4O. The maximum atomic E-state index is 5.32. The maximum Gasteiger partial charge on any atom is 0.141 e. The summed E-state index contributed by atoms with van der Waals surface area (Å²) in [6.07, 6.45) is 3.52. The van der Waals surface area contributed by atoms with Gasteiger partial charge in [-0.1, -0.05) is 18.6 Å². The molecule has 0 fully saturated rings. The van der Waals surface area contributed by atoms with Gasteiger partial charge in [-0.05, 0) is 44.5 Å². The fraction of sp³-hybridized carbons (Fsp3) is 0.211. The number of benzene rings is 1. The Hall–Kier alpha value is -2.95. The quantitative estimate of drug-likeness (QED) is 0.574. The number of hydrogen-bond donors (Lipinski definition) is 1. The lowest BCUT2D eigenvalue weighted by molar-refractivity contribution is 0.393. The summed E-state index contributed by atoms with van der Waals surface area (Å²) in [5, 5.41) is 4.07. The van der Waals surface area contributed by atoms with Crippen LogP contribution in [-0.4, -0.2) is 20.1 Å². The predicted molar refractivity (Wildman–Crippen MR) is 95.8 cm³/mol. The largest absolute Gasteiger partial charge is 0.361 e. The first-order chi connectivity index (χ1) is 11.1. The van der Waals surface area contributed by atoms with Gasteiger partial charge in [-0.25, -0.2) is 4.98 Å². The first kappa shape index (κ1) is 15.9. The van der Waals surface area contributed by atoms with Gasteiger partial charge in [0.1, 0.15) is 5.76 Å². The van der Waals surface area contributed by atoms with Crippen molar-refractivity contribution < 1.29 is 4.52 Å². The molecule has 0 saturated heterocycles. The van der Waals surface area contributed by atoms with E-state index in [4.69, 9.17) is 4.52 Å². The van der Waals surface area contributed by atoms with Gasteiger partial charge < -0.3 is 9.51 Å². The van der Waals surface area contributed by atoms with Crippen LogP contribution in [0, 0.1) is 20.8 Å². The van der Waals surface area contributed by atoms with Crippen LogP contribution in [0.4, 0.5) is 0 Å². The lowest BCUT2D eigenvalue weighted by atomic mass is 9.96. The van der Waals surface area contributed by atoms with E-state index in [9.17, 15) is 0 Å². The average Bonchev–Trinajstić information content (AvgIpc) is 3.13. The SMILES string of the molecule is C.Cc1ncccc1-c1cc(-c2c(C)noc2C)cc2[nH]cnc12. The van der Waals surface area contributed by atoms with E-state index in [2.05, 4.69) is 38.3 Å². The van der Waals surface area contributed by atoms with E-state index in [1.54, 1.807) is 12.5 Å². The van der Waals surface area contributed by atoms with Crippen molar-refractivity contribution in [1.82, 2.24) is 20.1 Å². The van der Waals surface area contributed by atoms with Crippen molar-refractivity contribution in [2.75, 3.05) is 0 Å². The van der Waals surface area contributed by atoms with Crippen LogP contribution in [0.15, 0.2) is 41.3 Å². The molecule has 5 heteroatoms. The molecule has 0 aliphatic rings. The molecule has 0 saturated carbocycles. The van der Waals surface area contributed by atoms with Crippen LogP contribution in [0.5, 0.6) is 0 Å². The third-order valence-corrected chi connectivity index (χ3v) is 4.14. The minimum absolute atomic E-state index is 0. The third-order valence-electron chi connectivity index (χ3n) is 4.14. The molecule has 1 N–H and O–H groups in total. The number of fused-ring (bicyclic) bond motifs is 1. The number of aromatic amines is 1. The Morgan fingerprint density at radius 1 is 1.00 bits per heavy atom. The van der Waals surface area contributed by atoms with Gasteiger partial charge in [-0.3, -0.25) is 4.98 Å². The molecule has 0 amide bonds. The van der Waals surface area contributed by atoms with Crippen LogP contribution in [0.1, 0.15) is 24.6 Å². The number of imidazole rings is 1. The molecule has 3 heterocycles. The van der Waals surface area contributed by atoms with Crippen molar-refractivity contribution in [3.05, 3.63) is 53.9 Å². The number of nitrogens with one attached hydrogen (secondary N) is 1. The number of H-pyrrole nitrogens is 1. The van der Waals surface area contributed by atoms with Gasteiger partial charge >= 0.3 is 0 Å². The van der Waals surface area contributed by atoms with E-state index in [1.807, 2.05) is 26.8 Å². The van der Waals surface area contributed by atoms with Crippen LogP contribution < -0.4 is 0 Å². The fourth-order valence-corrected chi connectivity index (χ4v) is 3.06. The second-order valence-electron chi connectivity index (χ2n) is 5.66. The normalized spacial score (nSPS) is 10.8. The summed E-state index contributed by atoms with van der Waals surface area (Å²) in [5.74, 6) is 0.815. The highest BCUT2D eigenvalue weighted by Crippen LogP contribution is 2.35. The molecule has 0 unspecified atom stereocenters. The summed E-state index contributed by atoms with van der Waals surface area (Å²) in [6.45, 7) is 5.90. The fourth-order valence-electron chi connectivity index (χ4n) is 3.06. The van der Waals surface area contributed by atoms with Gasteiger partial charge in [0.05, 0.1) is 23.1 Å². The zero-order valence-corrected chi connectivity index (χ0v) is 13.2. The summed E-state index contributed by atoms with van der Waals surface area (Å²) in [4.78, 5) is 12.1. The Labute approximate surface area is 140 Å². The molecule has 122 valence electrons. The van der Waals surface area contributed by atoms with Gasteiger partial charge in [-0.15, -0.1) is 0 Å². The monoisotopic (exact) mass is 320 g/mol. The number of rotatable bonds is 2. The zero-order chi connectivity index (χ0) is 16.0. The van der Waals surface area contributed by atoms with Gasteiger partial charge in [0.15, 0.2) is 0 Å². The highest BCUT2D eigenvalue weighted by atomic mass is 16.5. The molecular weight excluding hydrogens is 300 g/mol. The van der Waals surface area contributed by atoms with Crippen LogP contribution in [0.3, 0.4) is 0 Å². The molecule has 1 aromatic carbocycles. The van der Waals surface area contributed by atoms with E-state index in [0.717, 1.165) is 50.4 Å². The van der Waals surface area contributed by atoms with Crippen LogP contribution in [-0.2, 0) is 0 Å². The summed E-state index contributed by atoms with van der Waals surface area (Å²) in [6, 6.07) is 8.25. The zero-order valence-electron chi connectivity index (χ0n) is 13.2. The first-order valence-corrected chi connectivity index (χ1v) is 7.47. The van der Waals surface area contributed by atoms with E-state index in [-0.39, 0.29) is 7.43 Å². The van der Waals surface area contributed by atoms with Crippen molar-refractivity contribution in [3.63, 3.8) is 0 Å². The summed E-state index contributed by atoms with van der Waals surface area (Å²) < 4.78 is 5.32. The summed E-state index contributed by atoms with van der Waals surface area (Å²) >= 11 is 0. The number of aryl methyl sites for hydroxylation is 3. The van der Waals surface area contributed by atoms with Gasteiger partial charge in [0.2, 0.25) is 0 Å². The smallest absolute Gasteiger partial charge is 0.141 e. The third kappa shape index (κ3) is 2.38. The van der Waals surface area contributed by atoms with Crippen molar-refractivity contribution in [3.8, 4) is 22.3 Å². The molecule has 0 aliphatic carbocycles. The highest BCUT2D eigenvalue weighted by Gasteiger charge is 2.16. The van der Waals surface area contributed by atoms with Gasteiger partial charge in [0.25, 0.3) is 0 Å². The van der Waals surface area contributed by atoms with Crippen molar-refractivity contribution in [2.45, 2.75) is 28.2 Å². The molecule has 4 rings (SSSR count). The lowest BCUT2D eigenvalue weighted by Gasteiger charge is -2.09. The number of hydrogen-bond acceptors (Lipinski definition) is 4. The Kier molecular flexibility index (Phi) is 3.93. The Balaban J connectivity index is 0.00000169. The van der Waals surface area contributed by atoms with Crippen LogP contribution in [0.2, 0.25) is 0 Å². The van der Waals surface area contributed by atoms with Gasteiger partial charge in [-0.2, -0.15) is 0 Å². The van der Waals surface area contributed by atoms with Crippen LogP contribution >= 0.6 is 0 Å². The molecule has 0 radical (unpaired) electrons. The number of pyridine rings is 1. The summed E-state index contributed by atoms with van der Waals surface area (Å²) in [5.41, 5.74) is 8.03. The van der Waals surface area contributed by atoms with Crippen LogP contribution in [0.25, 0.3) is 33.3 Å². The predicted octanol–water partition coefficient (Wildman–Crippen LogP) is 4.84. The first-order valence-electron chi connectivity index (χ1n) is 7.47. The highest BCUT2D eigenvalue weighted by molar-refractivity contribution is 5.96. The molecule has 5 nitrogen and oxygen atoms in total. The topological polar surface area (TPSA) is 67.6 Å². The van der Waals surface area contributed by atoms with E-state index in [0.29, 0.717) is 0 Å². The molecule has 0 spiro atoms. The second kappa shape index (κ2) is 5.92. The summed E-state index contributed by atoms with van der Waals surface area (Å²) in [7, 11) is 0. The van der Waals surface area contributed by atoms with Crippen molar-refractivity contribution in [1.29, 1.82) is 0 Å².